The fraction of sp³-hybridized carbons (Fsp3) is 0.138. The third-order valence-corrected chi connectivity index (χ3v) is 6.36. The fourth-order valence-corrected chi connectivity index (χ4v) is 4.46. The molecule has 0 aliphatic rings. The van der Waals surface area contributed by atoms with Gasteiger partial charge in [0.25, 0.3) is 0 Å². The van der Waals surface area contributed by atoms with Crippen molar-refractivity contribution in [3.8, 4) is 33.9 Å². The zero-order valence-corrected chi connectivity index (χ0v) is 21.0. The average Bonchev–Trinajstić information content (AvgIpc) is 3.51. The normalized spacial score (nSPS) is 11.5. The number of carbonyl (C=O) groups excluding carboxylic acids is 1. The molecule has 3 N–H and O–H groups in total. The number of pyridine rings is 2. The number of anilines is 1. The van der Waals surface area contributed by atoms with Crippen molar-refractivity contribution in [3.63, 3.8) is 0 Å². The summed E-state index contributed by atoms with van der Waals surface area (Å²) >= 11 is 0. The van der Waals surface area contributed by atoms with E-state index in [9.17, 15) is 9.18 Å². The molecule has 0 bridgehead atoms. The van der Waals surface area contributed by atoms with Crippen molar-refractivity contribution < 1.29 is 9.18 Å². The van der Waals surface area contributed by atoms with Crippen LogP contribution >= 0.6 is 0 Å². The molecule has 0 fully saturated rings. The molecule has 9 heteroatoms. The summed E-state index contributed by atoms with van der Waals surface area (Å²) in [6.07, 6.45) is 5.02. The number of aryl methyl sites for hydroxylation is 1. The summed E-state index contributed by atoms with van der Waals surface area (Å²) in [5.41, 5.74) is 7.43. The number of fused-ring (bicyclic) bond motifs is 2. The zero-order valence-electron chi connectivity index (χ0n) is 21.0. The van der Waals surface area contributed by atoms with Crippen molar-refractivity contribution in [1.29, 1.82) is 0 Å². The Balaban J connectivity index is 1.42. The predicted octanol–water partition coefficient (Wildman–Crippen LogP) is 6.27. The summed E-state index contributed by atoms with van der Waals surface area (Å²) < 4.78 is 14.1. The molecule has 4 aromatic heterocycles. The minimum absolute atomic E-state index is 0.0814. The first kappa shape index (κ1) is 23.5. The largest absolute Gasteiger partial charge is 0.337 e. The van der Waals surface area contributed by atoms with Crippen LogP contribution in [0.25, 0.3) is 55.8 Å². The number of H-pyrrole nitrogens is 2. The summed E-state index contributed by atoms with van der Waals surface area (Å²) in [4.78, 5) is 29.2. The molecule has 2 aromatic carbocycles. The Morgan fingerprint density at radius 3 is 2.68 bits per heavy atom. The Bertz CT molecular complexity index is 1820. The van der Waals surface area contributed by atoms with E-state index < -0.39 is 0 Å². The summed E-state index contributed by atoms with van der Waals surface area (Å²) in [6.45, 7) is 5.54. The number of benzene rings is 2. The van der Waals surface area contributed by atoms with E-state index in [1.807, 2.05) is 57.2 Å². The van der Waals surface area contributed by atoms with E-state index in [1.54, 1.807) is 18.6 Å². The van der Waals surface area contributed by atoms with Gasteiger partial charge in [0.05, 0.1) is 40.3 Å². The molecule has 0 unspecified atom stereocenters. The highest BCUT2D eigenvalue weighted by Crippen LogP contribution is 2.33. The number of halogens is 1. The van der Waals surface area contributed by atoms with Crippen LogP contribution in [-0.2, 0) is 4.79 Å². The van der Waals surface area contributed by atoms with Gasteiger partial charge in [0, 0.05) is 28.6 Å². The average molecular weight is 506 g/mol. The van der Waals surface area contributed by atoms with Gasteiger partial charge in [0.1, 0.15) is 11.5 Å². The van der Waals surface area contributed by atoms with Crippen LogP contribution in [0.5, 0.6) is 0 Å². The molecule has 0 spiro atoms. The molecule has 4 heterocycles. The monoisotopic (exact) mass is 505 g/mol. The van der Waals surface area contributed by atoms with Crippen molar-refractivity contribution in [3.05, 3.63) is 78.5 Å². The van der Waals surface area contributed by atoms with E-state index in [-0.39, 0.29) is 17.6 Å². The van der Waals surface area contributed by atoms with E-state index in [0.717, 1.165) is 44.2 Å². The van der Waals surface area contributed by atoms with Gasteiger partial charge < -0.3 is 10.3 Å². The van der Waals surface area contributed by atoms with Crippen molar-refractivity contribution in [2.24, 2.45) is 5.92 Å². The Kier molecular flexibility index (Phi) is 5.68. The smallest absolute Gasteiger partial charge is 0.226 e. The first-order valence-corrected chi connectivity index (χ1v) is 12.2. The van der Waals surface area contributed by atoms with E-state index in [1.165, 1.54) is 12.1 Å². The number of rotatable bonds is 5. The Hall–Kier alpha value is -4.92. The van der Waals surface area contributed by atoms with Gasteiger partial charge in [-0.25, -0.2) is 9.37 Å². The number of aromatic amines is 2. The summed E-state index contributed by atoms with van der Waals surface area (Å²) in [7, 11) is 0. The van der Waals surface area contributed by atoms with Crippen LogP contribution in [0.1, 0.15) is 19.4 Å². The van der Waals surface area contributed by atoms with Crippen LogP contribution in [0.4, 0.5) is 10.1 Å². The standard InChI is InChI=1S/C29H24FN7O/c1-15(2)29(38)33-20-10-18(12-31-13-20)24-11-22-25(14-32-24)36-37-27(22)28-34-23-6-4-5-21(26(23)35-28)17-7-16(3)8-19(30)9-17/h4-15H,1-3H3,(H,33,38)(H,34,35)(H,36,37). The zero-order chi connectivity index (χ0) is 26.4. The van der Waals surface area contributed by atoms with Gasteiger partial charge in [0.15, 0.2) is 5.82 Å². The highest BCUT2D eigenvalue weighted by molar-refractivity contribution is 5.98. The molecule has 0 aliphatic heterocycles. The van der Waals surface area contributed by atoms with Crippen LogP contribution in [0.2, 0.25) is 0 Å². The van der Waals surface area contributed by atoms with Gasteiger partial charge in [-0.1, -0.05) is 32.0 Å². The lowest BCUT2D eigenvalue weighted by atomic mass is 10.0. The molecule has 6 aromatic rings. The van der Waals surface area contributed by atoms with Crippen molar-refractivity contribution in [2.75, 3.05) is 5.32 Å². The lowest BCUT2D eigenvalue weighted by Crippen LogP contribution is -2.17. The third-order valence-electron chi connectivity index (χ3n) is 6.36. The minimum Gasteiger partial charge on any atom is -0.337 e. The maximum absolute atomic E-state index is 14.1. The van der Waals surface area contributed by atoms with E-state index in [0.29, 0.717) is 22.9 Å². The van der Waals surface area contributed by atoms with Crippen molar-refractivity contribution in [1.82, 2.24) is 30.1 Å². The van der Waals surface area contributed by atoms with Crippen LogP contribution in [0.15, 0.2) is 67.1 Å². The second kappa shape index (κ2) is 9.19. The van der Waals surface area contributed by atoms with Crippen LogP contribution in [0, 0.1) is 18.7 Å². The van der Waals surface area contributed by atoms with Crippen molar-refractivity contribution in [2.45, 2.75) is 20.8 Å². The minimum atomic E-state index is -0.284. The highest BCUT2D eigenvalue weighted by Gasteiger charge is 2.17. The maximum Gasteiger partial charge on any atom is 0.226 e. The predicted molar refractivity (Wildman–Crippen MR) is 146 cm³/mol. The maximum atomic E-state index is 14.1. The number of aromatic nitrogens is 6. The fourth-order valence-electron chi connectivity index (χ4n) is 4.46. The van der Waals surface area contributed by atoms with E-state index >= 15 is 0 Å². The number of amides is 1. The number of nitrogens with zero attached hydrogens (tertiary/aromatic N) is 4. The first-order valence-electron chi connectivity index (χ1n) is 12.2. The molecule has 1 amide bonds. The molecule has 0 atom stereocenters. The van der Waals surface area contributed by atoms with E-state index in [4.69, 9.17) is 4.98 Å². The summed E-state index contributed by atoms with van der Waals surface area (Å²) in [5, 5.41) is 11.2. The Morgan fingerprint density at radius 2 is 1.87 bits per heavy atom. The summed E-state index contributed by atoms with van der Waals surface area (Å²) in [6, 6.07) is 14.5. The SMILES string of the molecule is Cc1cc(F)cc(-c2cccc3[nH]c(-c4n[nH]c5cnc(-c6cncc(NC(=O)C(C)C)c6)cc45)nc23)c1. The topological polar surface area (TPSA) is 112 Å². The number of hydrogen-bond acceptors (Lipinski definition) is 5. The molecule has 0 saturated heterocycles. The lowest BCUT2D eigenvalue weighted by molar-refractivity contribution is -0.118. The Morgan fingerprint density at radius 1 is 1.00 bits per heavy atom. The number of imidazole rings is 1. The molecule has 0 radical (unpaired) electrons. The molecule has 188 valence electrons. The van der Waals surface area contributed by atoms with Crippen LogP contribution in [-0.4, -0.2) is 36.0 Å². The molecule has 38 heavy (non-hydrogen) atoms. The second-order valence-corrected chi connectivity index (χ2v) is 9.60. The molecule has 0 saturated carbocycles. The molecular weight excluding hydrogens is 481 g/mol. The van der Waals surface area contributed by atoms with Gasteiger partial charge in [-0.3, -0.25) is 19.9 Å². The number of nitrogens with one attached hydrogen (secondary N) is 3. The van der Waals surface area contributed by atoms with Gasteiger partial charge in [-0.15, -0.1) is 0 Å². The van der Waals surface area contributed by atoms with E-state index in [2.05, 4.69) is 30.5 Å². The van der Waals surface area contributed by atoms with Gasteiger partial charge in [-0.2, -0.15) is 5.10 Å². The Labute approximate surface area is 217 Å². The molecule has 0 aliphatic carbocycles. The van der Waals surface area contributed by atoms with Crippen molar-refractivity contribution >= 4 is 33.5 Å². The molecule has 8 nitrogen and oxygen atoms in total. The lowest BCUT2D eigenvalue weighted by Gasteiger charge is -2.08. The second-order valence-electron chi connectivity index (χ2n) is 9.60. The molecule has 6 rings (SSSR count). The number of carbonyl (C=O) groups is 1. The van der Waals surface area contributed by atoms with Gasteiger partial charge in [0.2, 0.25) is 5.91 Å². The number of hydrogen-bond donors (Lipinski definition) is 3. The number of para-hydroxylation sites is 1. The van der Waals surface area contributed by atoms with Gasteiger partial charge in [-0.05, 0) is 48.4 Å². The first-order chi connectivity index (χ1) is 18.4. The van der Waals surface area contributed by atoms with Crippen LogP contribution < -0.4 is 5.32 Å². The van der Waals surface area contributed by atoms with Crippen LogP contribution in [0.3, 0.4) is 0 Å². The molecular formula is C29H24FN7O. The third kappa shape index (κ3) is 4.28. The summed E-state index contributed by atoms with van der Waals surface area (Å²) in [5.74, 6) is 0.0755. The quantitative estimate of drug-likeness (QED) is 0.256. The van der Waals surface area contributed by atoms with Gasteiger partial charge >= 0.3 is 0 Å². The highest BCUT2D eigenvalue weighted by atomic mass is 19.1.